The van der Waals surface area contributed by atoms with Gasteiger partial charge >= 0.3 is 5.97 Å². The summed E-state index contributed by atoms with van der Waals surface area (Å²) < 4.78 is 10.8. The van der Waals surface area contributed by atoms with Crippen LogP contribution in [0.1, 0.15) is 31.7 Å². The maximum atomic E-state index is 11.0. The van der Waals surface area contributed by atoms with E-state index < -0.39 is 0 Å². The van der Waals surface area contributed by atoms with Crippen molar-refractivity contribution in [1.29, 1.82) is 0 Å². The summed E-state index contributed by atoms with van der Waals surface area (Å²) in [6.07, 6.45) is 4.06. The predicted octanol–water partition coefficient (Wildman–Crippen LogP) is 5.58. The number of aryl methyl sites for hydroxylation is 1. The fourth-order valence-electron chi connectivity index (χ4n) is 2.68. The van der Waals surface area contributed by atoms with Crippen molar-refractivity contribution in [1.82, 2.24) is 0 Å². The number of benzene rings is 2. The van der Waals surface area contributed by atoms with Crippen molar-refractivity contribution >= 4 is 5.97 Å². The molecule has 2 rings (SSSR count). The van der Waals surface area contributed by atoms with Crippen molar-refractivity contribution in [3.05, 3.63) is 66.7 Å². The molecule has 1 atom stereocenters. The first kappa shape index (κ1) is 19.8. The summed E-state index contributed by atoms with van der Waals surface area (Å²) in [6.45, 7) is 8.81. The van der Waals surface area contributed by atoms with Crippen LogP contribution in [-0.4, -0.2) is 19.2 Å². The minimum Gasteiger partial charge on any atom is -0.494 e. The Labute approximate surface area is 156 Å². The highest BCUT2D eigenvalue weighted by Crippen LogP contribution is 2.23. The Bertz CT molecular complexity index is 686. The first-order valence-electron chi connectivity index (χ1n) is 9.17. The van der Waals surface area contributed by atoms with Gasteiger partial charge in [0.25, 0.3) is 0 Å². The molecule has 0 heterocycles. The molecule has 0 amide bonds. The lowest BCUT2D eigenvalue weighted by molar-refractivity contribution is -0.137. The molecule has 0 saturated carbocycles. The summed E-state index contributed by atoms with van der Waals surface area (Å²) in [5, 5.41) is 0. The number of hydrogen-bond acceptors (Lipinski definition) is 3. The molecule has 3 heteroatoms. The Morgan fingerprint density at radius 2 is 1.62 bits per heavy atom. The quantitative estimate of drug-likeness (QED) is 0.318. The molecule has 0 N–H and O–H groups in total. The van der Waals surface area contributed by atoms with Gasteiger partial charge in [-0.1, -0.05) is 55.5 Å². The van der Waals surface area contributed by atoms with Crippen molar-refractivity contribution in [3.63, 3.8) is 0 Å². The number of esters is 1. The van der Waals surface area contributed by atoms with Crippen LogP contribution in [0.2, 0.25) is 0 Å². The molecule has 0 bridgehead atoms. The Hall–Kier alpha value is -2.55. The van der Waals surface area contributed by atoms with Gasteiger partial charge in [-0.15, -0.1) is 0 Å². The van der Waals surface area contributed by atoms with E-state index in [2.05, 4.69) is 56.8 Å². The minimum atomic E-state index is -0.352. The Morgan fingerprint density at radius 1 is 1.00 bits per heavy atom. The minimum absolute atomic E-state index is 0.352. The second kappa shape index (κ2) is 10.4. The third-order valence-electron chi connectivity index (χ3n) is 4.37. The number of hydrogen-bond donors (Lipinski definition) is 0. The van der Waals surface area contributed by atoms with E-state index in [9.17, 15) is 4.79 Å². The lowest BCUT2D eigenvalue weighted by atomic mass is 10.0. The van der Waals surface area contributed by atoms with Crippen LogP contribution in [-0.2, 0) is 9.53 Å². The average Bonchev–Trinajstić information content (AvgIpc) is 2.66. The van der Waals surface area contributed by atoms with Crippen LogP contribution < -0.4 is 4.74 Å². The summed E-state index contributed by atoms with van der Waals surface area (Å²) in [5.41, 5.74) is 3.68. The lowest BCUT2D eigenvalue weighted by Crippen LogP contribution is -2.07. The Morgan fingerprint density at radius 3 is 2.23 bits per heavy atom. The molecule has 26 heavy (non-hydrogen) atoms. The lowest BCUT2D eigenvalue weighted by Gasteiger charge is -2.12. The second-order valence-electron chi connectivity index (χ2n) is 6.65. The summed E-state index contributed by atoms with van der Waals surface area (Å²) in [7, 11) is 0. The van der Waals surface area contributed by atoms with Gasteiger partial charge in [-0.3, -0.25) is 0 Å². The molecule has 0 radical (unpaired) electrons. The maximum absolute atomic E-state index is 11.0. The van der Waals surface area contributed by atoms with Crippen LogP contribution in [0.25, 0.3) is 11.1 Å². The van der Waals surface area contributed by atoms with E-state index in [1.54, 1.807) is 0 Å². The molecule has 0 aliphatic rings. The van der Waals surface area contributed by atoms with Gasteiger partial charge in [-0.2, -0.15) is 0 Å². The van der Waals surface area contributed by atoms with Gasteiger partial charge in [-0.25, -0.2) is 4.79 Å². The first-order chi connectivity index (χ1) is 12.6. The van der Waals surface area contributed by atoms with Gasteiger partial charge in [-0.05, 0) is 55.4 Å². The number of ether oxygens (including phenoxy) is 2. The highest BCUT2D eigenvalue weighted by molar-refractivity contribution is 5.81. The van der Waals surface area contributed by atoms with Crippen LogP contribution in [0.4, 0.5) is 0 Å². The molecule has 0 unspecified atom stereocenters. The molecule has 0 aliphatic carbocycles. The summed E-state index contributed by atoms with van der Waals surface area (Å²) >= 11 is 0. The van der Waals surface area contributed by atoms with E-state index in [-0.39, 0.29) is 5.97 Å². The third kappa shape index (κ3) is 6.75. The average molecular weight is 352 g/mol. The fraction of sp³-hybridized carbons (Fsp3) is 0.348. The van der Waals surface area contributed by atoms with Crippen molar-refractivity contribution in [2.24, 2.45) is 5.92 Å². The van der Waals surface area contributed by atoms with Crippen LogP contribution in [0.5, 0.6) is 5.75 Å². The van der Waals surface area contributed by atoms with E-state index >= 15 is 0 Å². The van der Waals surface area contributed by atoms with Crippen LogP contribution >= 0.6 is 0 Å². The Kier molecular flexibility index (Phi) is 7.94. The standard InChI is InChI=1S/C23H28O3/c1-4-23(24)26-16-5-6-18(2)15-17-25-22-13-11-21(12-14-22)20-9-7-19(3)8-10-20/h4,7-14,18H,1,5-6,15-17H2,2-3H3/t18-/m1/s1. The summed E-state index contributed by atoms with van der Waals surface area (Å²) in [6, 6.07) is 16.8. The van der Waals surface area contributed by atoms with Gasteiger partial charge in [0.05, 0.1) is 13.2 Å². The SMILES string of the molecule is C=CC(=O)OCCC[C@@H](C)CCOc1ccc(-c2ccc(C)cc2)cc1. The highest BCUT2D eigenvalue weighted by atomic mass is 16.5. The van der Waals surface area contributed by atoms with Crippen molar-refractivity contribution in [2.75, 3.05) is 13.2 Å². The number of carbonyl (C=O) groups excluding carboxylic acids is 1. The first-order valence-corrected chi connectivity index (χ1v) is 9.17. The second-order valence-corrected chi connectivity index (χ2v) is 6.65. The van der Waals surface area contributed by atoms with Crippen LogP contribution in [0.15, 0.2) is 61.2 Å². The molecule has 2 aromatic rings. The van der Waals surface area contributed by atoms with E-state index in [0.717, 1.165) is 25.0 Å². The van der Waals surface area contributed by atoms with Crippen LogP contribution in [0, 0.1) is 12.8 Å². The highest BCUT2D eigenvalue weighted by Gasteiger charge is 2.04. The fourth-order valence-corrected chi connectivity index (χ4v) is 2.68. The molecule has 0 aliphatic heterocycles. The van der Waals surface area contributed by atoms with Crippen LogP contribution in [0.3, 0.4) is 0 Å². The Balaban J connectivity index is 1.68. The van der Waals surface area contributed by atoms with Gasteiger partial charge in [0, 0.05) is 6.08 Å². The zero-order valence-corrected chi connectivity index (χ0v) is 15.7. The molecule has 2 aromatic carbocycles. The van der Waals surface area contributed by atoms with E-state index in [1.807, 2.05) is 12.1 Å². The predicted molar refractivity (Wildman–Crippen MR) is 106 cm³/mol. The maximum Gasteiger partial charge on any atom is 0.330 e. The normalized spacial score (nSPS) is 11.6. The molecule has 0 aromatic heterocycles. The number of rotatable bonds is 10. The van der Waals surface area contributed by atoms with Crippen molar-refractivity contribution in [3.8, 4) is 16.9 Å². The van der Waals surface area contributed by atoms with Crippen molar-refractivity contribution in [2.45, 2.75) is 33.1 Å². The zero-order valence-electron chi connectivity index (χ0n) is 15.7. The molecular weight excluding hydrogens is 324 g/mol. The van der Waals surface area contributed by atoms with Gasteiger partial charge in [0.1, 0.15) is 5.75 Å². The number of carbonyl (C=O) groups is 1. The summed E-state index contributed by atoms with van der Waals surface area (Å²) in [4.78, 5) is 11.0. The van der Waals surface area contributed by atoms with Gasteiger partial charge in [0.2, 0.25) is 0 Å². The van der Waals surface area contributed by atoms with Crippen molar-refractivity contribution < 1.29 is 14.3 Å². The van der Waals surface area contributed by atoms with E-state index in [4.69, 9.17) is 9.47 Å². The zero-order chi connectivity index (χ0) is 18.8. The largest absolute Gasteiger partial charge is 0.494 e. The molecule has 0 saturated heterocycles. The van der Waals surface area contributed by atoms with Gasteiger partial charge in [0.15, 0.2) is 0 Å². The van der Waals surface area contributed by atoms with E-state index in [1.165, 1.54) is 22.8 Å². The molecular formula is C23H28O3. The monoisotopic (exact) mass is 352 g/mol. The molecule has 0 fully saturated rings. The third-order valence-corrected chi connectivity index (χ3v) is 4.37. The molecule has 3 nitrogen and oxygen atoms in total. The van der Waals surface area contributed by atoms with Gasteiger partial charge < -0.3 is 9.47 Å². The molecule has 0 spiro atoms. The molecule has 138 valence electrons. The van der Waals surface area contributed by atoms with E-state index in [0.29, 0.717) is 19.1 Å². The summed E-state index contributed by atoms with van der Waals surface area (Å²) in [5.74, 6) is 1.08. The topological polar surface area (TPSA) is 35.5 Å². The smallest absolute Gasteiger partial charge is 0.330 e.